The monoisotopic (exact) mass is 260 g/mol. The van der Waals surface area contributed by atoms with Gasteiger partial charge in [0.05, 0.1) is 5.52 Å². The van der Waals surface area contributed by atoms with Gasteiger partial charge in [-0.3, -0.25) is 19.9 Å². The standard InChI is InChI=1S/2C8H6N2/c1-3-9-5-8-6-10-4-2-7(1)8;1-2-7-6-9-5-3-8(7)10-4-1/h2*1-6H. The zero-order chi connectivity index (χ0) is 13.6. The maximum absolute atomic E-state index is 4.14. The van der Waals surface area contributed by atoms with Crippen LogP contribution in [-0.4, -0.2) is 19.9 Å². The molecule has 0 aromatic carbocycles. The molecule has 0 aliphatic carbocycles. The average Bonchev–Trinajstić information content (AvgIpc) is 2.56. The van der Waals surface area contributed by atoms with Gasteiger partial charge in [-0.2, -0.15) is 0 Å². The maximum atomic E-state index is 4.14. The summed E-state index contributed by atoms with van der Waals surface area (Å²) in [5.41, 5.74) is 0.998. The molecule has 0 spiro atoms. The van der Waals surface area contributed by atoms with Crippen LogP contribution in [0.5, 0.6) is 0 Å². The Morgan fingerprint density at radius 1 is 0.550 bits per heavy atom. The highest BCUT2D eigenvalue weighted by molar-refractivity contribution is 5.79. The van der Waals surface area contributed by atoms with E-state index < -0.39 is 0 Å². The molecule has 96 valence electrons. The smallest absolute Gasteiger partial charge is 0.0732 e. The largest absolute Gasteiger partial charge is 0.264 e. The quantitative estimate of drug-likeness (QED) is 0.487. The highest BCUT2D eigenvalue weighted by atomic mass is 14.7. The molecule has 4 heteroatoms. The molecule has 0 saturated heterocycles. The lowest BCUT2D eigenvalue weighted by atomic mass is 10.2. The molecule has 4 aromatic heterocycles. The van der Waals surface area contributed by atoms with Gasteiger partial charge in [0.15, 0.2) is 0 Å². The molecule has 0 fully saturated rings. The Morgan fingerprint density at radius 3 is 1.85 bits per heavy atom. The molecule has 0 amide bonds. The van der Waals surface area contributed by atoms with Crippen molar-refractivity contribution < 1.29 is 0 Å². The minimum Gasteiger partial charge on any atom is -0.264 e. The highest BCUT2D eigenvalue weighted by Crippen LogP contribution is 2.07. The van der Waals surface area contributed by atoms with Crippen molar-refractivity contribution >= 4 is 21.7 Å². The summed E-state index contributed by atoms with van der Waals surface area (Å²) < 4.78 is 0. The molecule has 0 N–H and O–H groups in total. The number of hydrogen-bond donors (Lipinski definition) is 0. The van der Waals surface area contributed by atoms with Crippen molar-refractivity contribution in [1.29, 1.82) is 0 Å². The van der Waals surface area contributed by atoms with Crippen molar-refractivity contribution in [3.8, 4) is 0 Å². The molecule has 4 nitrogen and oxygen atoms in total. The zero-order valence-electron chi connectivity index (χ0n) is 10.7. The Balaban J connectivity index is 0.000000121. The van der Waals surface area contributed by atoms with Crippen LogP contribution in [0.1, 0.15) is 0 Å². The third-order valence-electron chi connectivity index (χ3n) is 2.84. The minimum atomic E-state index is 0.998. The van der Waals surface area contributed by atoms with Crippen molar-refractivity contribution in [2.75, 3.05) is 0 Å². The van der Waals surface area contributed by atoms with Gasteiger partial charge < -0.3 is 0 Å². The molecule has 0 radical (unpaired) electrons. The van der Waals surface area contributed by atoms with E-state index in [2.05, 4.69) is 19.9 Å². The van der Waals surface area contributed by atoms with Gasteiger partial charge in [-0.1, -0.05) is 0 Å². The number of hydrogen-bond acceptors (Lipinski definition) is 4. The van der Waals surface area contributed by atoms with Gasteiger partial charge in [0.25, 0.3) is 0 Å². The van der Waals surface area contributed by atoms with Crippen molar-refractivity contribution in [2.24, 2.45) is 0 Å². The maximum Gasteiger partial charge on any atom is 0.0732 e. The summed E-state index contributed by atoms with van der Waals surface area (Å²) in [7, 11) is 0. The van der Waals surface area contributed by atoms with Crippen LogP contribution < -0.4 is 0 Å². The molecule has 0 aliphatic heterocycles. The van der Waals surface area contributed by atoms with Crippen LogP contribution in [0.15, 0.2) is 73.7 Å². The third kappa shape index (κ3) is 2.75. The molecular formula is C16H12N4. The molecule has 4 heterocycles. The summed E-state index contributed by atoms with van der Waals surface area (Å²) in [6.45, 7) is 0. The van der Waals surface area contributed by atoms with E-state index in [9.17, 15) is 0 Å². The molecule has 0 bridgehead atoms. The predicted molar refractivity (Wildman–Crippen MR) is 79.1 cm³/mol. The second-order valence-electron chi connectivity index (χ2n) is 4.17. The van der Waals surface area contributed by atoms with Gasteiger partial charge in [-0.25, -0.2) is 0 Å². The summed E-state index contributed by atoms with van der Waals surface area (Å²) in [6.07, 6.45) is 12.5. The van der Waals surface area contributed by atoms with E-state index >= 15 is 0 Å². The van der Waals surface area contributed by atoms with Gasteiger partial charge in [-0.15, -0.1) is 0 Å². The van der Waals surface area contributed by atoms with E-state index in [0.29, 0.717) is 0 Å². The first-order chi connectivity index (χ1) is 9.93. The molecular weight excluding hydrogens is 248 g/mol. The first kappa shape index (κ1) is 12.2. The molecule has 4 rings (SSSR count). The summed E-state index contributed by atoms with van der Waals surface area (Å²) in [5.74, 6) is 0. The van der Waals surface area contributed by atoms with Gasteiger partial charge in [-0.05, 0) is 35.7 Å². The summed E-state index contributed by atoms with van der Waals surface area (Å²) in [5, 5.41) is 3.36. The second-order valence-corrected chi connectivity index (χ2v) is 4.17. The van der Waals surface area contributed by atoms with Crippen molar-refractivity contribution in [3.05, 3.63) is 73.7 Å². The van der Waals surface area contributed by atoms with Crippen LogP contribution in [-0.2, 0) is 0 Å². The fourth-order valence-corrected chi connectivity index (χ4v) is 1.84. The molecule has 20 heavy (non-hydrogen) atoms. The Kier molecular flexibility index (Phi) is 3.55. The lowest BCUT2D eigenvalue weighted by Gasteiger charge is -1.91. The van der Waals surface area contributed by atoms with Crippen LogP contribution in [0.3, 0.4) is 0 Å². The van der Waals surface area contributed by atoms with E-state index in [1.807, 2.05) is 48.9 Å². The zero-order valence-corrected chi connectivity index (χ0v) is 10.7. The van der Waals surface area contributed by atoms with Crippen molar-refractivity contribution in [3.63, 3.8) is 0 Å². The van der Waals surface area contributed by atoms with Gasteiger partial charge in [0, 0.05) is 54.2 Å². The van der Waals surface area contributed by atoms with Crippen LogP contribution in [0, 0.1) is 0 Å². The number of pyridine rings is 4. The Bertz CT molecular complexity index is 628. The molecule has 0 aliphatic rings. The number of rotatable bonds is 0. The molecule has 0 unspecified atom stereocenters. The molecule has 0 saturated carbocycles. The van der Waals surface area contributed by atoms with Crippen LogP contribution >= 0.6 is 0 Å². The van der Waals surface area contributed by atoms with E-state index in [4.69, 9.17) is 0 Å². The Labute approximate surface area is 116 Å². The number of nitrogens with zero attached hydrogens (tertiary/aromatic N) is 4. The predicted octanol–water partition coefficient (Wildman–Crippen LogP) is 3.26. The Morgan fingerprint density at radius 2 is 1.20 bits per heavy atom. The Hall–Kier alpha value is -2.88. The van der Waals surface area contributed by atoms with E-state index in [1.165, 1.54) is 5.39 Å². The lowest BCUT2D eigenvalue weighted by Crippen LogP contribution is -1.76. The first-order valence-electron chi connectivity index (χ1n) is 6.22. The molecule has 4 aromatic rings. The van der Waals surface area contributed by atoms with Crippen LogP contribution in [0.4, 0.5) is 0 Å². The molecule has 0 atom stereocenters. The fourth-order valence-electron chi connectivity index (χ4n) is 1.84. The van der Waals surface area contributed by atoms with E-state index in [0.717, 1.165) is 16.3 Å². The number of fused-ring (bicyclic) bond motifs is 2. The summed E-state index contributed by atoms with van der Waals surface area (Å²) in [4.78, 5) is 16.1. The van der Waals surface area contributed by atoms with Gasteiger partial charge in [0.2, 0.25) is 0 Å². The van der Waals surface area contributed by atoms with Crippen molar-refractivity contribution in [2.45, 2.75) is 0 Å². The third-order valence-corrected chi connectivity index (χ3v) is 2.84. The lowest BCUT2D eigenvalue weighted by molar-refractivity contribution is 1.32. The number of aromatic nitrogens is 4. The summed E-state index contributed by atoms with van der Waals surface area (Å²) in [6, 6.07) is 9.74. The van der Waals surface area contributed by atoms with Gasteiger partial charge >= 0.3 is 0 Å². The van der Waals surface area contributed by atoms with E-state index in [-0.39, 0.29) is 0 Å². The van der Waals surface area contributed by atoms with E-state index in [1.54, 1.807) is 24.8 Å². The first-order valence-corrected chi connectivity index (χ1v) is 6.22. The summed E-state index contributed by atoms with van der Waals surface area (Å²) >= 11 is 0. The van der Waals surface area contributed by atoms with Gasteiger partial charge in [0.1, 0.15) is 0 Å². The van der Waals surface area contributed by atoms with Crippen LogP contribution in [0.25, 0.3) is 21.7 Å². The van der Waals surface area contributed by atoms with Crippen LogP contribution in [0.2, 0.25) is 0 Å². The fraction of sp³-hybridized carbons (Fsp3) is 0. The average molecular weight is 260 g/mol. The minimum absolute atomic E-state index is 0.998. The second kappa shape index (κ2) is 5.84. The normalized spacial score (nSPS) is 10.0. The van der Waals surface area contributed by atoms with Crippen molar-refractivity contribution in [1.82, 2.24) is 19.9 Å². The SMILES string of the molecule is c1cc2ccncc2cn1.c1cnc2ccncc2c1. The highest BCUT2D eigenvalue weighted by Gasteiger charge is 1.88. The topological polar surface area (TPSA) is 51.6 Å².